The highest BCUT2D eigenvalue weighted by molar-refractivity contribution is 7.87. The van der Waals surface area contributed by atoms with Gasteiger partial charge < -0.3 is 5.32 Å². The van der Waals surface area contributed by atoms with Crippen molar-refractivity contribution in [3.8, 4) is 0 Å². The molecule has 10 heteroatoms. The molecule has 1 saturated heterocycles. The van der Waals surface area contributed by atoms with Gasteiger partial charge in [-0.15, -0.1) is 0 Å². The Morgan fingerprint density at radius 3 is 2.00 bits per heavy atom. The monoisotopic (exact) mass is 383 g/mol. The van der Waals surface area contributed by atoms with E-state index in [1.54, 1.807) is 4.72 Å². The molecular weight excluding hydrogens is 359 g/mol. The number of alkyl halides is 3. The summed E-state index contributed by atoms with van der Waals surface area (Å²) in [5, 5.41) is 3.03. The lowest BCUT2D eigenvalue weighted by atomic mass is 9.95. The summed E-state index contributed by atoms with van der Waals surface area (Å²) in [4.78, 5) is 12.5. The van der Waals surface area contributed by atoms with Crippen molar-refractivity contribution in [1.29, 1.82) is 0 Å². The summed E-state index contributed by atoms with van der Waals surface area (Å²) < 4.78 is 62.9. The van der Waals surface area contributed by atoms with E-state index >= 15 is 0 Å². The number of halogens is 3. The van der Waals surface area contributed by atoms with Gasteiger partial charge in [-0.05, 0) is 50.4 Å². The maximum atomic E-state index is 12.5. The van der Waals surface area contributed by atoms with E-state index in [0.717, 1.165) is 30.0 Å². The maximum Gasteiger partial charge on any atom is 0.402 e. The number of rotatable bonds is 7. The molecule has 0 radical (unpaired) electrons. The van der Waals surface area contributed by atoms with Crippen LogP contribution in [0.3, 0.4) is 0 Å². The van der Waals surface area contributed by atoms with Gasteiger partial charge in [0, 0.05) is 25.0 Å². The standard InChI is InChI=1S/C15H24F3N3O3S/c16-15(17,18)9-19-25(23,24)21-7-5-12(6-8-21)20-14(22)13(10-1-2-10)11-3-4-11/h10-13,19H,1-9H2,(H,20,22). The summed E-state index contributed by atoms with van der Waals surface area (Å²) in [6.07, 6.45) is 0.681. The maximum absolute atomic E-state index is 12.5. The minimum Gasteiger partial charge on any atom is -0.353 e. The molecule has 0 spiro atoms. The number of carbonyl (C=O) groups is 1. The molecular formula is C15H24F3N3O3S. The van der Waals surface area contributed by atoms with Crippen LogP contribution in [0.25, 0.3) is 0 Å². The molecule has 3 rings (SSSR count). The molecule has 25 heavy (non-hydrogen) atoms. The number of amides is 1. The van der Waals surface area contributed by atoms with Crippen molar-refractivity contribution in [3.63, 3.8) is 0 Å². The van der Waals surface area contributed by atoms with E-state index in [-0.39, 0.29) is 31.0 Å². The van der Waals surface area contributed by atoms with Gasteiger partial charge in [-0.1, -0.05) is 0 Å². The first kappa shape index (κ1) is 18.9. The van der Waals surface area contributed by atoms with Gasteiger partial charge in [0.2, 0.25) is 5.91 Å². The van der Waals surface area contributed by atoms with E-state index in [1.165, 1.54) is 0 Å². The van der Waals surface area contributed by atoms with Crippen LogP contribution in [0.2, 0.25) is 0 Å². The lowest BCUT2D eigenvalue weighted by Gasteiger charge is -2.32. The second-order valence-electron chi connectivity index (χ2n) is 7.32. The Morgan fingerprint density at radius 1 is 1.04 bits per heavy atom. The number of nitrogens with zero attached hydrogens (tertiary/aromatic N) is 1. The first-order chi connectivity index (χ1) is 11.7. The summed E-state index contributed by atoms with van der Waals surface area (Å²) in [5.41, 5.74) is 0. The van der Waals surface area contributed by atoms with Crippen LogP contribution in [0.1, 0.15) is 38.5 Å². The van der Waals surface area contributed by atoms with Gasteiger partial charge >= 0.3 is 6.18 Å². The fourth-order valence-corrected chi connectivity index (χ4v) is 4.75. The van der Waals surface area contributed by atoms with Crippen LogP contribution in [0.4, 0.5) is 13.2 Å². The molecule has 0 aromatic carbocycles. The molecule has 0 aromatic heterocycles. The van der Waals surface area contributed by atoms with Crippen molar-refractivity contribution < 1.29 is 26.4 Å². The quantitative estimate of drug-likeness (QED) is 0.698. The van der Waals surface area contributed by atoms with Gasteiger partial charge in [0.05, 0.1) is 0 Å². The van der Waals surface area contributed by atoms with Crippen molar-refractivity contribution in [3.05, 3.63) is 0 Å². The lowest BCUT2D eigenvalue weighted by Crippen LogP contribution is -2.51. The Morgan fingerprint density at radius 2 is 1.56 bits per heavy atom. The molecule has 0 aromatic rings. The first-order valence-corrected chi connectivity index (χ1v) is 10.2. The van der Waals surface area contributed by atoms with Gasteiger partial charge in [0.1, 0.15) is 6.54 Å². The number of hydrogen-bond donors (Lipinski definition) is 2. The minimum atomic E-state index is -4.58. The first-order valence-electron chi connectivity index (χ1n) is 8.77. The van der Waals surface area contributed by atoms with E-state index < -0.39 is 22.9 Å². The van der Waals surface area contributed by atoms with Crippen LogP contribution in [0.15, 0.2) is 0 Å². The minimum absolute atomic E-state index is 0.0708. The normalized spacial score (nSPS) is 23.8. The topological polar surface area (TPSA) is 78.5 Å². The zero-order valence-electron chi connectivity index (χ0n) is 13.9. The zero-order valence-corrected chi connectivity index (χ0v) is 14.7. The second-order valence-corrected chi connectivity index (χ2v) is 9.08. The lowest BCUT2D eigenvalue weighted by molar-refractivity contribution is -0.127. The summed E-state index contributed by atoms with van der Waals surface area (Å²) >= 11 is 0. The summed E-state index contributed by atoms with van der Waals surface area (Å²) in [6, 6.07) is -0.110. The highest BCUT2D eigenvalue weighted by Crippen LogP contribution is 2.49. The molecule has 3 aliphatic rings. The average Bonchev–Trinajstić information content (AvgIpc) is 3.40. The van der Waals surface area contributed by atoms with Gasteiger partial charge in [0.25, 0.3) is 10.2 Å². The van der Waals surface area contributed by atoms with Crippen LogP contribution in [-0.2, 0) is 15.0 Å². The van der Waals surface area contributed by atoms with Gasteiger partial charge in [-0.3, -0.25) is 4.79 Å². The molecule has 1 aliphatic heterocycles. The average molecular weight is 383 g/mol. The Kier molecular flexibility index (Phi) is 5.32. The third-order valence-electron chi connectivity index (χ3n) is 5.16. The molecule has 2 N–H and O–H groups in total. The molecule has 1 amide bonds. The van der Waals surface area contributed by atoms with Crippen LogP contribution in [0, 0.1) is 17.8 Å². The van der Waals surface area contributed by atoms with Crippen LogP contribution < -0.4 is 10.0 Å². The smallest absolute Gasteiger partial charge is 0.353 e. The Hall–Kier alpha value is -0.870. The van der Waals surface area contributed by atoms with Crippen LogP contribution >= 0.6 is 0 Å². The number of nitrogens with one attached hydrogen (secondary N) is 2. The molecule has 6 nitrogen and oxygen atoms in total. The second kappa shape index (κ2) is 7.03. The Balaban J connectivity index is 1.46. The Labute approximate surface area is 145 Å². The fourth-order valence-electron chi connectivity index (χ4n) is 3.53. The summed E-state index contributed by atoms with van der Waals surface area (Å²) in [6.45, 7) is -1.36. The van der Waals surface area contributed by atoms with Gasteiger partial charge in [-0.25, -0.2) is 0 Å². The molecule has 0 atom stereocenters. The van der Waals surface area contributed by atoms with E-state index in [4.69, 9.17) is 0 Å². The molecule has 0 bridgehead atoms. The predicted molar refractivity (Wildman–Crippen MR) is 84.7 cm³/mol. The fraction of sp³-hybridized carbons (Fsp3) is 0.933. The zero-order chi connectivity index (χ0) is 18.2. The highest BCUT2D eigenvalue weighted by Gasteiger charge is 2.46. The predicted octanol–water partition coefficient (Wildman–Crippen LogP) is 1.40. The molecule has 1 heterocycles. The third-order valence-corrected chi connectivity index (χ3v) is 6.71. The molecule has 3 fully saturated rings. The van der Waals surface area contributed by atoms with E-state index in [1.807, 2.05) is 0 Å². The third kappa shape index (κ3) is 5.30. The molecule has 2 aliphatic carbocycles. The van der Waals surface area contributed by atoms with Crippen molar-refractivity contribution in [2.45, 2.75) is 50.7 Å². The van der Waals surface area contributed by atoms with Crippen molar-refractivity contribution in [2.75, 3.05) is 19.6 Å². The molecule has 0 unspecified atom stereocenters. The number of hydrogen-bond acceptors (Lipinski definition) is 3. The summed E-state index contributed by atoms with van der Waals surface area (Å²) in [7, 11) is -4.14. The SMILES string of the molecule is O=C(NC1CCN(S(=O)(=O)NCC(F)(F)F)CC1)C(C1CC1)C1CC1. The van der Waals surface area contributed by atoms with E-state index in [9.17, 15) is 26.4 Å². The molecule has 2 saturated carbocycles. The largest absolute Gasteiger partial charge is 0.402 e. The van der Waals surface area contributed by atoms with Gasteiger partial charge in [0.15, 0.2) is 0 Å². The van der Waals surface area contributed by atoms with Crippen molar-refractivity contribution >= 4 is 16.1 Å². The molecule has 144 valence electrons. The van der Waals surface area contributed by atoms with Crippen molar-refractivity contribution in [1.82, 2.24) is 14.3 Å². The summed E-state index contributed by atoms with van der Waals surface area (Å²) in [5.74, 6) is 1.16. The van der Waals surface area contributed by atoms with Crippen LogP contribution in [0.5, 0.6) is 0 Å². The van der Waals surface area contributed by atoms with Gasteiger partial charge in [-0.2, -0.15) is 30.6 Å². The number of piperidine rings is 1. The Bertz CT molecular complexity index is 583. The highest BCUT2D eigenvalue weighted by atomic mass is 32.2. The van der Waals surface area contributed by atoms with E-state index in [2.05, 4.69) is 5.32 Å². The van der Waals surface area contributed by atoms with E-state index in [0.29, 0.717) is 24.7 Å². The number of carbonyl (C=O) groups excluding carboxylic acids is 1. The van der Waals surface area contributed by atoms with Crippen LogP contribution in [-0.4, -0.2) is 50.5 Å². The van der Waals surface area contributed by atoms with Crippen molar-refractivity contribution in [2.24, 2.45) is 17.8 Å².